The lowest BCUT2D eigenvalue weighted by Crippen LogP contribution is -2.37. The number of rotatable bonds is 2. The maximum Gasteiger partial charge on any atom is 0.258 e. The molecule has 1 aliphatic heterocycles. The molecule has 2 heterocycles. The highest BCUT2D eigenvalue weighted by Gasteiger charge is 2.31. The summed E-state index contributed by atoms with van der Waals surface area (Å²) in [5, 5.41) is 7.75. The second-order valence-electron chi connectivity index (χ2n) is 5.50. The summed E-state index contributed by atoms with van der Waals surface area (Å²) in [5.74, 6) is 0.346. The number of hydrogen-bond acceptors (Lipinski definition) is 3. The van der Waals surface area contributed by atoms with Gasteiger partial charge < -0.3 is 10.1 Å². The number of ether oxygens (including phenoxy) is 1. The molecule has 0 aliphatic carbocycles. The predicted octanol–water partition coefficient (Wildman–Crippen LogP) is 3.66. The molecule has 0 fully saturated rings. The Morgan fingerprint density at radius 3 is 2.62 bits per heavy atom. The summed E-state index contributed by atoms with van der Waals surface area (Å²) in [6.45, 7) is 1.84. The summed E-state index contributed by atoms with van der Waals surface area (Å²) < 4.78 is 7.57. The van der Waals surface area contributed by atoms with Crippen molar-refractivity contribution in [2.45, 2.75) is 13.2 Å². The first kappa shape index (κ1) is 14.8. The maximum atomic E-state index is 12.3. The predicted molar refractivity (Wildman–Crippen MR) is 90.6 cm³/mol. The molecule has 0 radical (unpaired) electrons. The van der Waals surface area contributed by atoms with Crippen molar-refractivity contribution >= 4 is 17.5 Å². The van der Waals surface area contributed by atoms with Gasteiger partial charge in [0.25, 0.3) is 5.91 Å². The van der Waals surface area contributed by atoms with E-state index >= 15 is 0 Å². The second-order valence-corrected chi connectivity index (χ2v) is 5.86. The molecule has 0 bridgehead atoms. The molecular formula is C18H14ClN3O2. The van der Waals surface area contributed by atoms with Gasteiger partial charge >= 0.3 is 0 Å². The van der Waals surface area contributed by atoms with Crippen molar-refractivity contribution in [2.24, 2.45) is 0 Å². The summed E-state index contributed by atoms with van der Waals surface area (Å²) in [4.78, 5) is 12.3. The highest BCUT2D eigenvalue weighted by Crippen LogP contribution is 2.34. The summed E-state index contributed by atoms with van der Waals surface area (Å²) in [6.07, 6.45) is -0.669. The molecule has 0 saturated heterocycles. The topological polar surface area (TPSA) is 56.2 Å². The molecule has 0 spiro atoms. The van der Waals surface area contributed by atoms with Crippen LogP contribution >= 0.6 is 11.6 Å². The van der Waals surface area contributed by atoms with E-state index in [-0.39, 0.29) is 5.91 Å². The second kappa shape index (κ2) is 5.69. The minimum atomic E-state index is -0.669. The molecule has 6 heteroatoms. The molecule has 4 rings (SSSR count). The smallest absolute Gasteiger partial charge is 0.258 e. The number of benzene rings is 2. The van der Waals surface area contributed by atoms with E-state index in [1.165, 1.54) is 0 Å². The van der Waals surface area contributed by atoms with Gasteiger partial charge in [-0.3, -0.25) is 4.79 Å². The van der Waals surface area contributed by atoms with Gasteiger partial charge in [0, 0.05) is 0 Å². The minimum Gasteiger partial charge on any atom is -0.465 e. The number of aryl methyl sites for hydroxylation is 1. The highest BCUT2D eigenvalue weighted by atomic mass is 35.5. The number of nitrogens with one attached hydrogen (secondary N) is 1. The Hall–Kier alpha value is -2.79. The number of carbonyl (C=O) groups is 1. The van der Waals surface area contributed by atoms with Crippen LogP contribution < -0.4 is 10.1 Å². The van der Waals surface area contributed by atoms with Gasteiger partial charge in [0.15, 0.2) is 0 Å². The van der Waals surface area contributed by atoms with Crippen LogP contribution in [0.25, 0.3) is 5.69 Å². The van der Waals surface area contributed by atoms with Gasteiger partial charge in [0.2, 0.25) is 6.23 Å². The van der Waals surface area contributed by atoms with Crippen LogP contribution in [0.5, 0.6) is 5.75 Å². The van der Waals surface area contributed by atoms with E-state index in [0.29, 0.717) is 27.7 Å². The van der Waals surface area contributed by atoms with Gasteiger partial charge in [0.05, 0.1) is 22.5 Å². The average molecular weight is 340 g/mol. The molecule has 3 aromatic rings. The van der Waals surface area contributed by atoms with Crippen molar-refractivity contribution in [3.8, 4) is 11.4 Å². The van der Waals surface area contributed by atoms with Gasteiger partial charge in [-0.05, 0) is 31.2 Å². The molecule has 1 unspecified atom stereocenters. The Morgan fingerprint density at radius 1 is 1.12 bits per heavy atom. The van der Waals surface area contributed by atoms with E-state index < -0.39 is 6.23 Å². The van der Waals surface area contributed by atoms with Crippen molar-refractivity contribution in [1.29, 1.82) is 0 Å². The third-order valence-electron chi connectivity index (χ3n) is 3.95. The number of para-hydroxylation sites is 2. The van der Waals surface area contributed by atoms with Crippen LogP contribution in [0.3, 0.4) is 0 Å². The van der Waals surface area contributed by atoms with E-state index in [0.717, 1.165) is 5.69 Å². The van der Waals surface area contributed by atoms with E-state index in [9.17, 15) is 4.79 Å². The van der Waals surface area contributed by atoms with Crippen molar-refractivity contribution in [3.63, 3.8) is 0 Å². The first-order valence-corrected chi connectivity index (χ1v) is 7.90. The van der Waals surface area contributed by atoms with Crippen LogP contribution in [0.4, 0.5) is 0 Å². The third kappa shape index (κ3) is 2.34. The quantitative estimate of drug-likeness (QED) is 0.775. The number of carbonyl (C=O) groups excluding carboxylic acids is 1. The summed E-state index contributed by atoms with van der Waals surface area (Å²) >= 11 is 6.54. The number of fused-ring (bicyclic) bond motifs is 1. The Labute approximate surface area is 143 Å². The van der Waals surface area contributed by atoms with Crippen molar-refractivity contribution in [2.75, 3.05) is 0 Å². The molecule has 1 atom stereocenters. The monoisotopic (exact) mass is 339 g/mol. The van der Waals surface area contributed by atoms with E-state index in [4.69, 9.17) is 16.3 Å². The molecule has 24 heavy (non-hydrogen) atoms. The van der Waals surface area contributed by atoms with Gasteiger partial charge in [-0.25, -0.2) is 4.68 Å². The fourth-order valence-electron chi connectivity index (χ4n) is 2.79. The lowest BCUT2D eigenvalue weighted by molar-refractivity contribution is 0.0755. The molecule has 2 aromatic carbocycles. The average Bonchev–Trinajstić information content (AvgIpc) is 2.90. The van der Waals surface area contributed by atoms with E-state index in [1.54, 1.807) is 22.9 Å². The fourth-order valence-corrected chi connectivity index (χ4v) is 3.16. The first-order valence-electron chi connectivity index (χ1n) is 7.52. The van der Waals surface area contributed by atoms with Crippen LogP contribution in [-0.2, 0) is 0 Å². The summed E-state index contributed by atoms with van der Waals surface area (Å²) in [7, 11) is 0. The molecule has 1 N–H and O–H groups in total. The normalized spacial score (nSPS) is 16.2. The lowest BCUT2D eigenvalue weighted by Gasteiger charge is -2.26. The van der Waals surface area contributed by atoms with Crippen LogP contribution in [0.15, 0.2) is 54.6 Å². The zero-order valence-corrected chi connectivity index (χ0v) is 13.6. The maximum absolute atomic E-state index is 12.3. The summed E-state index contributed by atoms with van der Waals surface area (Å²) in [6, 6.07) is 16.7. The van der Waals surface area contributed by atoms with E-state index in [1.807, 2.05) is 43.3 Å². The number of nitrogens with zero attached hydrogens (tertiary/aromatic N) is 2. The Bertz CT molecular complexity index is 921. The first-order chi connectivity index (χ1) is 11.6. The molecule has 1 aromatic heterocycles. The standard InChI is InChI=1S/C18H14ClN3O2/c1-11-15(16(19)22(21-11)12-7-3-2-4-8-12)18-20-17(23)13-9-5-6-10-14(13)24-18/h2-10,18H,1H3,(H,20,23). The Morgan fingerprint density at radius 2 is 1.83 bits per heavy atom. The van der Waals surface area contributed by atoms with Gasteiger partial charge in [-0.2, -0.15) is 5.10 Å². The van der Waals surface area contributed by atoms with Crippen LogP contribution in [0.2, 0.25) is 5.15 Å². The number of hydrogen-bond donors (Lipinski definition) is 1. The largest absolute Gasteiger partial charge is 0.465 e. The van der Waals surface area contributed by atoms with Crippen LogP contribution in [-0.4, -0.2) is 15.7 Å². The van der Waals surface area contributed by atoms with Gasteiger partial charge in [0.1, 0.15) is 10.9 Å². The molecule has 0 saturated carbocycles. The van der Waals surface area contributed by atoms with Crippen LogP contribution in [0.1, 0.15) is 27.8 Å². The van der Waals surface area contributed by atoms with Gasteiger partial charge in [-0.1, -0.05) is 41.9 Å². The Kier molecular flexibility index (Phi) is 3.50. The third-order valence-corrected chi connectivity index (χ3v) is 4.31. The molecular weight excluding hydrogens is 326 g/mol. The minimum absolute atomic E-state index is 0.190. The fraction of sp³-hybridized carbons (Fsp3) is 0.111. The SMILES string of the molecule is Cc1nn(-c2ccccc2)c(Cl)c1C1NC(=O)c2ccccc2O1. The Balaban J connectivity index is 1.76. The van der Waals surface area contributed by atoms with Crippen LogP contribution in [0, 0.1) is 6.92 Å². The molecule has 1 aliphatic rings. The van der Waals surface area contributed by atoms with E-state index in [2.05, 4.69) is 10.4 Å². The molecule has 1 amide bonds. The zero-order valence-electron chi connectivity index (χ0n) is 12.9. The van der Waals surface area contributed by atoms with Crippen molar-refractivity contribution in [3.05, 3.63) is 76.6 Å². The lowest BCUT2D eigenvalue weighted by atomic mass is 10.1. The molecule has 5 nitrogen and oxygen atoms in total. The highest BCUT2D eigenvalue weighted by molar-refractivity contribution is 6.30. The summed E-state index contributed by atoms with van der Waals surface area (Å²) in [5.41, 5.74) is 2.72. The van der Waals surface area contributed by atoms with Crippen molar-refractivity contribution < 1.29 is 9.53 Å². The number of amides is 1. The van der Waals surface area contributed by atoms with Gasteiger partial charge in [-0.15, -0.1) is 0 Å². The number of halogens is 1. The number of aromatic nitrogens is 2. The molecule has 120 valence electrons. The zero-order chi connectivity index (χ0) is 16.7. The van der Waals surface area contributed by atoms with Crippen molar-refractivity contribution in [1.82, 2.24) is 15.1 Å².